The number of morpholine rings is 1. The highest BCUT2D eigenvalue weighted by molar-refractivity contribution is 5.89. The van der Waals surface area contributed by atoms with Crippen LogP contribution in [-0.2, 0) is 20.9 Å². The lowest BCUT2D eigenvalue weighted by atomic mass is 9.92. The van der Waals surface area contributed by atoms with Gasteiger partial charge in [0.05, 0.1) is 12.2 Å². The maximum absolute atomic E-state index is 12.7. The molecule has 1 atom stereocenters. The number of carboxylic acids is 2. The first kappa shape index (κ1) is 34.3. The van der Waals surface area contributed by atoms with E-state index in [0.29, 0.717) is 0 Å². The normalized spacial score (nSPS) is 19.3. The van der Waals surface area contributed by atoms with Crippen molar-refractivity contribution in [3.05, 3.63) is 60.4 Å². The molecule has 1 spiro atoms. The Morgan fingerprint density at radius 2 is 1.52 bits per heavy atom. The van der Waals surface area contributed by atoms with Gasteiger partial charge in [-0.25, -0.2) is 14.4 Å². The number of hydrogen-bond acceptors (Lipinski definition) is 6. The van der Waals surface area contributed by atoms with E-state index in [1.165, 1.54) is 5.56 Å². The number of ether oxygens (including phenoxy) is 1. The van der Waals surface area contributed by atoms with E-state index in [1.807, 2.05) is 53.7 Å². The Kier molecular flexibility index (Phi) is 12.5. The smallest absolute Gasteiger partial charge is 0.475 e. The van der Waals surface area contributed by atoms with E-state index in [1.54, 1.807) is 0 Å². The molecule has 3 heterocycles. The van der Waals surface area contributed by atoms with Crippen molar-refractivity contribution >= 4 is 23.7 Å². The zero-order valence-corrected chi connectivity index (χ0v) is 22.2. The lowest BCUT2D eigenvalue weighted by molar-refractivity contribution is -0.193. The van der Waals surface area contributed by atoms with Crippen molar-refractivity contribution in [3.63, 3.8) is 0 Å². The number of hydrogen-bond donors (Lipinski definition) is 3. The highest BCUT2D eigenvalue weighted by atomic mass is 19.4. The molecule has 1 unspecified atom stereocenters. The van der Waals surface area contributed by atoms with Gasteiger partial charge in [0.2, 0.25) is 0 Å². The molecule has 16 heteroatoms. The Morgan fingerprint density at radius 3 is 2.07 bits per heavy atom. The quantitative estimate of drug-likeness (QED) is 0.430. The molecule has 0 radical (unpaired) electrons. The molecule has 232 valence electrons. The number of aliphatic carboxylic acids is 2. The van der Waals surface area contributed by atoms with Crippen molar-refractivity contribution in [3.8, 4) is 0 Å². The van der Waals surface area contributed by atoms with E-state index in [9.17, 15) is 31.1 Å². The van der Waals surface area contributed by atoms with Gasteiger partial charge in [0.15, 0.2) is 0 Å². The first-order valence-corrected chi connectivity index (χ1v) is 12.6. The van der Waals surface area contributed by atoms with Gasteiger partial charge >= 0.3 is 30.3 Å². The van der Waals surface area contributed by atoms with Crippen molar-refractivity contribution in [1.29, 1.82) is 0 Å². The molecule has 4 rings (SSSR count). The van der Waals surface area contributed by atoms with Crippen molar-refractivity contribution < 1.29 is 55.7 Å². The largest absolute Gasteiger partial charge is 0.490 e. The number of para-hydroxylation sites is 1. The summed E-state index contributed by atoms with van der Waals surface area (Å²) in [5, 5.41) is 17.3. The number of halogens is 6. The van der Waals surface area contributed by atoms with Gasteiger partial charge in [0.1, 0.15) is 0 Å². The number of urea groups is 1. The molecule has 2 amide bonds. The van der Waals surface area contributed by atoms with Gasteiger partial charge in [0.25, 0.3) is 0 Å². The lowest BCUT2D eigenvalue weighted by Gasteiger charge is -2.42. The number of anilines is 1. The first-order chi connectivity index (χ1) is 19.6. The Labute approximate surface area is 236 Å². The van der Waals surface area contributed by atoms with Crippen LogP contribution in [0, 0.1) is 0 Å². The number of alkyl halides is 6. The number of rotatable bonds is 3. The highest BCUT2D eigenvalue weighted by Gasteiger charge is 2.40. The third-order valence-electron chi connectivity index (χ3n) is 6.15. The summed E-state index contributed by atoms with van der Waals surface area (Å²) in [6.07, 6.45) is -3.59. The second-order valence-corrected chi connectivity index (χ2v) is 9.35. The van der Waals surface area contributed by atoms with E-state index < -0.39 is 24.3 Å². The summed E-state index contributed by atoms with van der Waals surface area (Å²) in [4.78, 5) is 39.0. The first-order valence-electron chi connectivity index (χ1n) is 12.6. The standard InChI is InChI=1S/C22H28N4O2.2C2HF3O2/c27-21(24-20-7-2-1-3-8-20)26-12-5-9-22(10-13-26)18-25(14-15-28-22)17-19-6-4-11-23-16-19;2*3-2(4,5)1(6)7/h1-4,6-8,11,16H,5,9-10,12-15,17-18H2,(H,24,27);2*(H,6,7). The SMILES string of the molecule is O=C(Nc1ccccc1)N1CCCC2(CC1)CN(Cc1cccnc1)CCO2.O=C(O)C(F)(F)F.O=C(O)C(F)(F)F. The molecule has 0 bridgehead atoms. The summed E-state index contributed by atoms with van der Waals surface area (Å²) >= 11 is 0. The van der Waals surface area contributed by atoms with Crippen LogP contribution in [0.4, 0.5) is 36.8 Å². The number of nitrogens with one attached hydrogen (secondary N) is 1. The summed E-state index contributed by atoms with van der Waals surface area (Å²) in [7, 11) is 0. The van der Waals surface area contributed by atoms with Crippen molar-refractivity contribution in [2.75, 3.05) is 38.1 Å². The summed E-state index contributed by atoms with van der Waals surface area (Å²) in [6, 6.07) is 13.7. The number of carbonyl (C=O) groups excluding carboxylic acids is 1. The van der Waals surface area contributed by atoms with Gasteiger partial charge in [-0.05, 0) is 43.0 Å². The molecule has 1 aromatic heterocycles. The van der Waals surface area contributed by atoms with Gasteiger partial charge in [-0.2, -0.15) is 26.3 Å². The van der Waals surface area contributed by atoms with Crippen LogP contribution in [0.25, 0.3) is 0 Å². The van der Waals surface area contributed by atoms with Crippen LogP contribution in [-0.4, -0.2) is 93.7 Å². The van der Waals surface area contributed by atoms with Gasteiger partial charge in [-0.15, -0.1) is 0 Å². The highest BCUT2D eigenvalue weighted by Crippen LogP contribution is 2.31. The van der Waals surface area contributed by atoms with Crippen LogP contribution in [0.5, 0.6) is 0 Å². The second kappa shape index (κ2) is 15.3. The molecular weight excluding hydrogens is 578 g/mol. The number of benzene rings is 1. The van der Waals surface area contributed by atoms with E-state index in [4.69, 9.17) is 24.5 Å². The van der Waals surface area contributed by atoms with Gasteiger partial charge in [0, 0.05) is 50.8 Å². The van der Waals surface area contributed by atoms with Crippen molar-refractivity contribution in [1.82, 2.24) is 14.8 Å². The topological polar surface area (TPSA) is 132 Å². The second-order valence-electron chi connectivity index (χ2n) is 9.35. The van der Waals surface area contributed by atoms with Crippen LogP contribution in [0.1, 0.15) is 24.8 Å². The van der Waals surface area contributed by atoms with E-state index >= 15 is 0 Å². The predicted octanol–water partition coefficient (Wildman–Crippen LogP) is 4.64. The Bertz CT molecular complexity index is 1130. The molecule has 0 saturated carbocycles. The monoisotopic (exact) mass is 608 g/mol. The van der Waals surface area contributed by atoms with Crippen LogP contribution in [0.2, 0.25) is 0 Å². The maximum atomic E-state index is 12.7. The van der Waals surface area contributed by atoms with Crippen LogP contribution >= 0.6 is 0 Å². The molecule has 2 fully saturated rings. The van der Waals surface area contributed by atoms with Crippen LogP contribution in [0.3, 0.4) is 0 Å². The zero-order valence-electron chi connectivity index (χ0n) is 22.2. The maximum Gasteiger partial charge on any atom is 0.490 e. The molecule has 10 nitrogen and oxygen atoms in total. The van der Waals surface area contributed by atoms with E-state index in [-0.39, 0.29) is 11.6 Å². The Morgan fingerprint density at radius 1 is 0.905 bits per heavy atom. The third-order valence-corrected chi connectivity index (χ3v) is 6.15. The molecule has 2 aliphatic rings. The Hall–Kier alpha value is -3.92. The predicted molar refractivity (Wildman–Crippen MR) is 136 cm³/mol. The van der Waals surface area contributed by atoms with Gasteiger partial charge in [-0.1, -0.05) is 24.3 Å². The van der Waals surface area contributed by atoms with Crippen LogP contribution < -0.4 is 5.32 Å². The summed E-state index contributed by atoms with van der Waals surface area (Å²) in [5.41, 5.74) is 1.92. The molecule has 2 aromatic rings. The molecule has 2 aliphatic heterocycles. The Balaban J connectivity index is 0.000000367. The van der Waals surface area contributed by atoms with E-state index in [2.05, 4.69) is 21.3 Å². The van der Waals surface area contributed by atoms with Crippen molar-refractivity contribution in [2.45, 2.75) is 43.8 Å². The van der Waals surface area contributed by atoms with Crippen LogP contribution in [0.15, 0.2) is 54.9 Å². The summed E-state index contributed by atoms with van der Waals surface area (Å²) in [5.74, 6) is -5.51. The lowest BCUT2D eigenvalue weighted by Crippen LogP contribution is -2.52. The molecular formula is C26H30F6N4O6. The number of amides is 2. The molecule has 3 N–H and O–H groups in total. The van der Waals surface area contributed by atoms with E-state index in [0.717, 1.165) is 64.3 Å². The number of nitrogens with zero attached hydrogens (tertiary/aromatic N) is 3. The summed E-state index contributed by atoms with van der Waals surface area (Å²) < 4.78 is 69.8. The minimum Gasteiger partial charge on any atom is -0.475 e. The average Bonchev–Trinajstić information content (AvgIpc) is 3.12. The summed E-state index contributed by atoms with van der Waals surface area (Å²) in [6.45, 7) is 4.99. The number of likely N-dealkylation sites (tertiary alicyclic amines) is 1. The molecule has 42 heavy (non-hydrogen) atoms. The molecule has 2 saturated heterocycles. The third kappa shape index (κ3) is 11.9. The zero-order chi connectivity index (χ0) is 31.4. The number of carboxylic acid groups (broad SMARTS) is 2. The minimum atomic E-state index is -5.08. The fourth-order valence-electron chi connectivity index (χ4n) is 4.21. The fraction of sp³-hybridized carbons (Fsp3) is 0.462. The minimum absolute atomic E-state index is 0.0220. The fourth-order valence-corrected chi connectivity index (χ4v) is 4.21. The molecule has 0 aliphatic carbocycles. The average molecular weight is 609 g/mol. The van der Waals surface area contributed by atoms with Gasteiger partial charge in [-0.3, -0.25) is 9.88 Å². The number of carbonyl (C=O) groups is 3. The molecule has 1 aromatic carbocycles. The number of aromatic nitrogens is 1. The number of pyridine rings is 1. The van der Waals surface area contributed by atoms with Crippen molar-refractivity contribution in [2.24, 2.45) is 0 Å². The van der Waals surface area contributed by atoms with Gasteiger partial charge < -0.3 is 25.2 Å².